The maximum atomic E-state index is 13.4. The summed E-state index contributed by atoms with van der Waals surface area (Å²) in [5.74, 6) is 4.01. The number of ketones is 2. The first-order valence-electron chi connectivity index (χ1n) is 24.6. The van der Waals surface area contributed by atoms with Crippen molar-refractivity contribution in [3.63, 3.8) is 0 Å². The largest absolute Gasteiger partial charge is 1.00 e. The van der Waals surface area contributed by atoms with Crippen molar-refractivity contribution in [1.29, 1.82) is 0 Å². The smallest absolute Gasteiger partial charge is 0.870 e. The number of carbonyl (C=O) groups is 3. The van der Waals surface area contributed by atoms with E-state index in [9.17, 15) is 14.4 Å². The number of aldehydes is 1. The van der Waals surface area contributed by atoms with Gasteiger partial charge in [-0.2, -0.15) is 0 Å². The number of rotatable bonds is 29. The van der Waals surface area contributed by atoms with Gasteiger partial charge in [-0.05, 0) is 170 Å². The third-order valence-electron chi connectivity index (χ3n) is 11.9. The predicted octanol–water partition coefficient (Wildman–Crippen LogP) is 10.5. The van der Waals surface area contributed by atoms with Crippen molar-refractivity contribution in [2.75, 3.05) is 69.8 Å². The van der Waals surface area contributed by atoms with E-state index in [-0.39, 0.29) is 107 Å². The molecule has 0 aromatic heterocycles. The van der Waals surface area contributed by atoms with Crippen LogP contribution in [0.5, 0.6) is 34.5 Å². The number of hydrogen-bond donors (Lipinski definition) is 0. The molecule has 0 heterocycles. The Morgan fingerprint density at radius 1 is 0.532 bits per heavy atom. The molecule has 0 fully saturated rings. The van der Waals surface area contributed by atoms with Crippen LogP contribution in [0.4, 0.5) is 0 Å². The van der Waals surface area contributed by atoms with Gasteiger partial charge in [0.2, 0.25) is 0 Å². The van der Waals surface area contributed by atoms with Crippen molar-refractivity contribution in [2.24, 2.45) is 11.8 Å². The molecule has 2 unspecified atom stereocenters. The first-order valence-corrected chi connectivity index (χ1v) is 24.6. The minimum absolute atomic E-state index is 0. The number of methoxy groups -OCH3 is 6. The van der Waals surface area contributed by atoms with Crippen LogP contribution >= 0.6 is 0 Å². The van der Waals surface area contributed by atoms with E-state index in [0.29, 0.717) is 57.6 Å². The van der Waals surface area contributed by atoms with Gasteiger partial charge in [0.05, 0.1) is 25.3 Å². The molecule has 0 spiro atoms. The van der Waals surface area contributed by atoms with Gasteiger partial charge in [0.15, 0.2) is 38.7 Å². The SMILES string of the molecule is C=C(C)C(CC=C(C)C)Cc1c(OCOC)cc(OC)c(C(=O)/C=C/c2ccc(OCOC)cc2)c1C.C=C(C)C(CC=C(C)C)Cc1c(OCOC)cc(OC)c(C(C)=O)c1C.COCOc1ccc(C=O)cc1.[K+].[OH-]. The van der Waals surface area contributed by atoms with Crippen molar-refractivity contribution >= 4 is 23.9 Å². The molecule has 77 heavy (non-hydrogen) atoms. The number of Topliss-reactive ketones (excluding diaryl/α,β-unsaturated/α-hetero) is 1. The van der Waals surface area contributed by atoms with Crippen LogP contribution in [-0.2, 0) is 31.8 Å². The molecule has 4 aromatic rings. The molecule has 0 radical (unpaired) electrons. The van der Waals surface area contributed by atoms with Crippen molar-refractivity contribution in [2.45, 2.75) is 88.0 Å². The molecule has 0 aliphatic heterocycles. The van der Waals surface area contributed by atoms with Crippen LogP contribution in [0.1, 0.15) is 120 Å². The fraction of sp³-hybridized carbons (Fsp3) is 0.403. The zero-order valence-corrected chi connectivity index (χ0v) is 51.8. The Labute approximate surface area is 501 Å². The van der Waals surface area contributed by atoms with Gasteiger partial charge in [-0.3, -0.25) is 14.4 Å². The second kappa shape index (κ2) is 39.2. The molecule has 2 atom stereocenters. The summed E-state index contributed by atoms with van der Waals surface area (Å²) >= 11 is 0. The van der Waals surface area contributed by atoms with E-state index in [1.807, 2.05) is 52.0 Å². The predicted molar refractivity (Wildman–Crippen MR) is 301 cm³/mol. The molecule has 0 saturated heterocycles. The van der Waals surface area contributed by atoms with E-state index in [0.717, 1.165) is 64.5 Å². The van der Waals surface area contributed by atoms with Crippen LogP contribution in [0.15, 0.2) is 114 Å². The Balaban J connectivity index is 0.00000125. The minimum Gasteiger partial charge on any atom is -0.870 e. The van der Waals surface area contributed by atoms with E-state index < -0.39 is 0 Å². The maximum absolute atomic E-state index is 13.4. The Morgan fingerprint density at radius 2 is 0.896 bits per heavy atom. The molecule has 416 valence electrons. The third-order valence-corrected chi connectivity index (χ3v) is 11.9. The standard InChI is InChI=1S/C31H40O6.C22H32O4.C9H10O3.K.H2O/c1-21(2)9-13-25(22(3)4)17-27-23(5)31(30(35-8)18-29(27)37-20-34-7)28(32)16-12-24-10-14-26(15-11-24)36-19-33-6;1-14(2)9-10-18(15(3)4)11-19-16(5)22(17(6)23)21(25-8)12-20(19)26-13-24-7;1-11-7-12-9-4-2-8(6-10)3-5-9;;/h9-12,14-16,18,25H,3,13,17,19-20H2,1-2,4-8H3;9,12,18H,3,10-11,13H2,1-2,4-8H3;2-6H,7H2,1H3;;1H2/q;;;+1;/p-1/b16-12+;;;;. The number of hydrogen-bond acceptors (Lipinski definition) is 14. The van der Waals surface area contributed by atoms with Crippen molar-refractivity contribution < 1.29 is 119 Å². The molecular formula is C62H83KO14. The third kappa shape index (κ3) is 25.0. The molecule has 14 nitrogen and oxygen atoms in total. The molecule has 4 aromatic carbocycles. The topological polar surface area (TPSA) is 174 Å². The van der Waals surface area contributed by atoms with Gasteiger partial charge >= 0.3 is 51.4 Å². The molecule has 0 aliphatic rings. The Bertz CT molecular complexity index is 2550. The summed E-state index contributed by atoms with van der Waals surface area (Å²) < 4.78 is 53.2. The summed E-state index contributed by atoms with van der Waals surface area (Å²) in [6, 6.07) is 17.8. The first-order chi connectivity index (χ1) is 35.8. The van der Waals surface area contributed by atoms with Gasteiger partial charge in [0.25, 0.3) is 0 Å². The summed E-state index contributed by atoms with van der Waals surface area (Å²) in [4.78, 5) is 35.9. The van der Waals surface area contributed by atoms with Gasteiger partial charge in [0.1, 0.15) is 40.8 Å². The first kappa shape index (κ1) is 71.8. The van der Waals surface area contributed by atoms with Gasteiger partial charge in [-0.1, -0.05) is 65.8 Å². The van der Waals surface area contributed by atoms with Gasteiger partial charge < -0.3 is 52.8 Å². The molecule has 0 aliphatic carbocycles. The summed E-state index contributed by atoms with van der Waals surface area (Å²) in [6.45, 7) is 26.9. The molecule has 0 bridgehead atoms. The average molecular weight is 1090 g/mol. The van der Waals surface area contributed by atoms with E-state index in [1.165, 1.54) is 11.1 Å². The average Bonchev–Trinajstić information content (AvgIpc) is 3.38. The van der Waals surface area contributed by atoms with E-state index in [1.54, 1.807) is 98.1 Å². The normalized spacial score (nSPS) is 11.1. The fourth-order valence-electron chi connectivity index (χ4n) is 7.67. The summed E-state index contributed by atoms with van der Waals surface area (Å²) in [6.07, 6.45) is 11.8. The van der Waals surface area contributed by atoms with E-state index in [2.05, 4.69) is 53.0 Å². The molecule has 15 heteroatoms. The molecule has 0 saturated carbocycles. The Kier molecular flexibility index (Phi) is 36.6. The summed E-state index contributed by atoms with van der Waals surface area (Å²) in [7, 11) is 9.40. The zero-order chi connectivity index (χ0) is 56.0. The van der Waals surface area contributed by atoms with Gasteiger partial charge in [0, 0.05) is 46.1 Å². The van der Waals surface area contributed by atoms with Gasteiger partial charge in [-0.25, -0.2) is 0 Å². The van der Waals surface area contributed by atoms with Crippen molar-refractivity contribution in [1.82, 2.24) is 0 Å². The van der Waals surface area contributed by atoms with Crippen molar-refractivity contribution in [3.05, 3.63) is 159 Å². The van der Waals surface area contributed by atoms with E-state index >= 15 is 0 Å². The second-order valence-electron chi connectivity index (χ2n) is 18.4. The quantitative estimate of drug-likeness (QED) is 0.0125. The van der Waals surface area contributed by atoms with Crippen LogP contribution in [0.3, 0.4) is 0 Å². The van der Waals surface area contributed by atoms with Crippen LogP contribution in [0.25, 0.3) is 6.08 Å². The van der Waals surface area contributed by atoms with Crippen LogP contribution in [0, 0.1) is 25.7 Å². The molecule has 0 amide bonds. The Hall–Kier alpha value is -5.17. The fourth-order valence-corrected chi connectivity index (χ4v) is 7.67. The van der Waals surface area contributed by atoms with E-state index in [4.69, 9.17) is 47.4 Å². The number of carbonyl (C=O) groups excluding carboxylic acids is 3. The molecule has 1 N–H and O–H groups in total. The second-order valence-corrected chi connectivity index (χ2v) is 18.4. The number of benzene rings is 4. The molecule has 4 rings (SSSR count). The van der Waals surface area contributed by atoms with Crippen LogP contribution in [-0.4, -0.2) is 93.2 Å². The van der Waals surface area contributed by atoms with Crippen LogP contribution < -0.4 is 79.8 Å². The van der Waals surface area contributed by atoms with Crippen molar-refractivity contribution in [3.8, 4) is 34.5 Å². The summed E-state index contributed by atoms with van der Waals surface area (Å²) in [5.41, 5.74) is 11.0. The summed E-state index contributed by atoms with van der Waals surface area (Å²) in [5, 5.41) is 0. The van der Waals surface area contributed by atoms with Crippen LogP contribution in [0.2, 0.25) is 0 Å². The maximum Gasteiger partial charge on any atom is 1.00 e. The van der Waals surface area contributed by atoms with Gasteiger partial charge in [-0.15, -0.1) is 0 Å². The Morgan fingerprint density at radius 3 is 1.23 bits per heavy atom. The molecular weight excluding hydrogens is 1010 g/mol. The number of allylic oxidation sites excluding steroid dienone is 7. The monoisotopic (exact) mass is 1090 g/mol. The minimum atomic E-state index is -0.148. The zero-order valence-electron chi connectivity index (χ0n) is 48.6. The number of ether oxygens (including phenoxy) is 10.